The Labute approximate surface area is 195 Å². The molecule has 0 unspecified atom stereocenters. The Balaban J connectivity index is 0.00000450. The molecule has 0 heterocycles. The number of sulfonamides is 1. The van der Waals surface area contributed by atoms with E-state index in [2.05, 4.69) is 20.3 Å². The lowest BCUT2D eigenvalue weighted by molar-refractivity contribution is 0.588. The van der Waals surface area contributed by atoms with Gasteiger partial charge in [-0.2, -0.15) is 0 Å². The van der Waals surface area contributed by atoms with E-state index in [0.717, 1.165) is 11.1 Å². The minimum absolute atomic E-state index is 0. The quantitative estimate of drug-likeness (QED) is 0.268. The highest BCUT2D eigenvalue weighted by molar-refractivity contribution is 14.0. The van der Waals surface area contributed by atoms with Gasteiger partial charge in [-0.1, -0.05) is 24.3 Å². The number of rotatable bonds is 7. The lowest BCUT2D eigenvalue weighted by atomic mass is 10.1. The summed E-state index contributed by atoms with van der Waals surface area (Å²) in [6.07, 6.45) is 1.19. The molecule has 0 aliphatic rings. The second-order valence-electron chi connectivity index (χ2n) is 6.50. The average molecular weight is 566 g/mol. The molecular weight excluding hydrogens is 539 g/mol. The Bertz CT molecular complexity index is 1100. The van der Waals surface area contributed by atoms with Crippen molar-refractivity contribution in [3.8, 4) is 0 Å². The number of benzene rings is 2. The van der Waals surface area contributed by atoms with Gasteiger partial charge in [-0.25, -0.2) is 21.6 Å². The van der Waals surface area contributed by atoms with Crippen molar-refractivity contribution in [1.82, 2.24) is 15.4 Å². The minimum atomic E-state index is -3.45. The molecule has 11 heteroatoms. The number of nitrogens with zero attached hydrogens (tertiary/aromatic N) is 1. The normalized spacial score (nSPS) is 12.2. The van der Waals surface area contributed by atoms with Gasteiger partial charge in [-0.3, -0.25) is 4.99 Å². The van der Waals surface area contributed by atoms with Crippen LogP contribution in [0.2, 0.25) is 0 Å². The molecule has 8 nitrogen and oxygen atoms in total. The number of hydrogen-bond acceptors (Lipinski definition) is 5. The standard InChI is InChI=1S/C19H26N4O4S2.HI/c1-14-11-16(7-10-18(14)28(4,24)25)13-23-19(20-2)22-12-15-5-8-17(9-6-15)29(26,27)21-3;/h5-11,21H,12-13H2,1-4H3,(H2,20,22,23);1H. The molecule has 166 valence electrons. The number of guanidine groups is 1. The molecule has 0 aliphatic carbocycles. The number of sulfone groups is 1. The van der Waals surface area contributed by atoms with Crippen LogP contribution in [0.3, 0.4) is 0 Å². The first-order chi connectivity index (χ1) is 13.6. The third-order valence-corrected chi connectivity index (χ3v) is 6.97. The molecule has 2 aromatic carbocycles. The largest absolute Gasteiger partial charge is 0.352 e. The van der Waals surface area contributed by atoms with E-state index in [1.165, 1.54) is 13.3 Å². The molecule has 0 saturated carbocycles. The fourth-order valence-corrected chi connectivity index (χ4v) is 4.42. The van der Waals surface area contributed by atoms with E-state index >= 15 is 0 Å². The molecule has 0 aliphatic heterocycles. The van der Waals surface area contributed by atoms with Gasteiger partial charge in [0.25, 0.3) is 0 Å². The summed E-state index contributed by atoms with van der Waals surface area (Å²) in [5.41, 5.74) is 2.53. The molecule has 0 saturated heterocycles. The van der Waals surface area contributed by atoms with Crippen molar-refractivity contribution in [2.24, 2.45) is 4.99 Å². The van der Waals surface area contributed by atoms with E-state index in [9.17, 15) is 16.8 Å². The molecule has 2 rings (SSSR count). The van der Waals surface area contributed by atoms with Gasteiger partial charge < -0.3 is 10.6 Å². The fraction of sp³-hybridized carbons (Fsp3) is 0.316. The predicted molar refractivity (Wildman–Crippen MR) is 129 cm³/mol. The van der Waals surface area contributed by atoms with Gasteiger partial charge in [-0.15, -0.1) is 24.0 Å². The minimum Gasteiger partial charge on any atom is -0.352 e. The van der Waals surface area contributed by atoms with Crippen LogP contribution in [-0.4, -0.2) is 43.1 Å². The summed E-state index contributed by atoms with van der Waals surface area (Å²) in [4.78, 5) is 4.69. The zero-order valence-electron chi connectivity index (χ0n) is 17.3. The van der Waals surface area contributed by atoms with Gasteiger partial charge in [0.1, 0.15) is 0 Å². The Hall–Kier alpha value is -1.70. The number of aliphatic imine (C=N–C) groups is 1. The number of aryl methyl sites for hydroxylation is 1. The van der Waals surface area contributed by atoms with E-state index in [1.807, 2.05) is 6.07 Å². The monoisotopic (exact) mass is 566 g/mol. The lowest BCUT2D eigenvalue weighted by Crippen LogP contribution is -2.36. The third-order valence-electron chi connectivity index (χ3n) is 4.28. The summed E-state index contributed by atoms with van der Waals surface area (Å²) in [6.45, 7) is 2.71. The second kappa shape index (κ2) is 11.1. The van der Waals surface area contributed by atoms with Crippen molar-refractivity contribution in [1.29, 1.82) is 0 Å². The smallest absolute Gasteiger partial charge is 0.240 e. The molecule has 0 atom stereocenters. The van der Waals surface area contributed by atoms with Crippen LogP contribution in [0.5, 0.6) is 0 Å². The van der Waals surface area contributed by atoms with Crippen molar-refractivity contribution in [2.45, 2.75) is 29.8 Å². The maximum atomic E-state index is 11.8. The number of halogens is 1. The summed E-state index contributed by atoms with van der Waals surface area (Å²) in [5.74, 6) is 0.571. The maximum absolute atomic E-state index is 11.8. The molecule has 0 amide bonds. The Morgan fingerprint density at radius 2 is 1.47 bits per heavy atom. The highest BCUT2D eigenvalue weighted by atomic mass is 127. The molecule has 0 spiro atoms. The van der Waals surface area contributed by atoms with Crippen LogP contribution in [0.4, 0.5) is 0 Å². The van der Waals surface area contributed by atoms with Crippen LogP contribution in [0.1, 0.15) is 16.7 Å². The fourth-order valence-electron chi connectivity index (χ4n) is 2.73. The van der Waals surface area contributed by atoms with Crippen LogP contribution in [0, 0.1) is 6.92 Å². The summed E-state index contributed by atoms with van der Waals surface area (Å²) >= 11 is 0. The average Bonchev–Trinajstić information content (AvgIpc) is 2.67. The summed E-state index contributed by atoms with van der Waals surface area (Å²) in [5, 5.41) is 6.33. The number of nitrogens with one attached hydrogen (secondary N) is 3. The zero-order valence-corrected chi connectivity index (χ0v) is 21.2. The van der Waals surface area contributed by atoms with Gasteiger partial charge >= 0.3 is 0 Å². The van der Waals surface area contributed by atoms with Crippen LogP contribution >= 0.6 is 24.0 Å². The van der Waals surface area contributed by atoms with E-state index in [0.29, 0.717) is 29.5 Å². The van der Waals surface area contributed by atoms with Crippen LogP contribution in [0.15, 0.2) is 57.2 Å². The maximum Gasteiger partial charge on any atom is 0.240 e. The van der Waals surface area contributed by atoms with Crippen molar-refractivity contribution in [2.75, 3.05) is 20.4 Å². The summed E-state index contributed by atoms with van der Waals surface area (Å²) in [6, 6.07) is 11.8. The van der Waals surface area contributed by atoms with Crippen LogP contribution in [0.25, 0.3) is 0 Å². The van der Waals surface area contributed by atoms with Gasteiger partial charge in [-0.05, 0) is 48.9 Å². The second-order valence-corrected chi connectivity index (χ2v) is 10.4. The SMILES string of the molecule is CN=C(NCc1ccc(S(=O)(=O)NC)cc1)NCc1ccc(S(C)(=O)=O)c(C)c1.I. The van der Waals surface area contributed by atoms with Crippen molar-refractivity contribution >= 4 is 49.8 Å². The highest BCUT2D eigenvalue weighted by Crippen LogP contribution is 2.16. The van der Waals surface area contributed by atoms with Gasteiger partial charge in [0.05, 0.1) is 9.79 Å². The Morgan fingerprint density at radius 3 is 1.93 bits per heavy atom. The zero-order chi connectivity index (χ0) is 21.7. The molecular formula is C19H27IN4O4S2. The van der Waals surface area contributed by atoms with E-state index in [4.69, 9.17) is 0 Å². The molecule has 0 radical (unpaired) electrons. The Kier molecular flexibility index (Phi) is 9.72. The Morgan fingerprint density at radius 1 is 0.933 bits per heavy atom. The van der Waals surface area contributed by atoms with Crippen LogP contribution < -0.4 is 15.4 Å². The first-order valence-electron chi connectivity index (χ1n) is 8.83. The van der Waals surface area contributed by atoms with Gasteiger partial charge in [0, 0.05) is 26.4 Å². The molecule has 0 aromatic heterocycles. The molecule has 0 fully saturated rings. The lowest BCUT2D eigenvalue weighted by Gasteiger charge is -2.13. The molecule has 2 aromatic rings. The first kappa shape index (κ1) is 26.3. The van der Waals surface area contributed by atoms with Crippen molar-refractivity contribution in [3.05, 3.63) is 59.2 Å². The topological polar surface area (TPSA) is 117 Å². The molecule has 30 heavy (non-hydrogen) atoms. The van der Waals surface area contributed by atoms with Crippen molar-refractivity contribution < 1.29 is 16.8 Å². The van der Waals surface area contributed by atoms with E-state index in [-0.39, 0.29) is 28.9 Å². The molecule has 3 N–H and O–H groups in total. The third kappa shape index (κ3) is 7.22. The predicted octanol–water partition coefficient (Wildman–Crippen LogP) is 1.79. The van der Waals surface area contributed by atoms with E-state index in [1.54, 1.807) is 50.4 Å². The van der Waals surface area contributed by atoms with Crippen LogP contribution in [-0.2, 0) is 33.0 Å². The van der Waals surface area contributed by atoms with E-state index < -0.39 is 19.9 Å². The van der Waals surface area contributed by atoms with Gasteiger partial charge in [0.2, 0.25) is 10.0 Å². The molecule has 0 bridgehead atoms. The first-order valence-corrected chi connectivity index (χ1v) is 12.2. The summed E-state index contributed by atoms with van der Waals surface area (Å²) < 4.78 is 49.2. The van der Waals surface area contributed by atoms with Gasteiger partial charge in [0.15, 0.2) is 15.8 Å². The summed E-state index contributed by atoms with van der Waals surface area (Å²) in [7, 11) is -3.67. The highest BCUT2D eigenvalue weighted by Gasteiger charge is 2.12. The number of hydrogen-bond donors (Lipinski definition) is 3. The van der Waals surface area contributed by atoms with Crippen molar-refractivity contribution in [3.63, 3.8) is 0 Å².